The van der Waals surface area contributed by atoms with Crippen LogP contribution in [0, 0.1) is 0 Å². The first-order valence-electron chi connectivity index (χ1n) is 4.43. The van der Waals surface area contributed by atoms with E-state index in [9.17, 15) is 22.8 Å². The van der Waals surface area contributed by atoms with Crippen LogP contribution in [0.5, 0.6) is 0 Å². The molecule has 1 aromatic rings. The summed E-state index contributed by atoms with van der Waals surface area (Å²) in [5.41, 5.74) is 0. The number of carboxylic acid groups (broad SMARTS) is 1. The van der Waals surface area contributed by atoms with E-state index in [4.69, 9.17) is 5.11 Å². The molecule has 4 nitrogen and oxygen atoms in total. The molecule has 1 atom stereocenters. The van der Waals surface area contributed by atoms with Crippen molar-refractivity contribution in [2.24, 2.45) is 0 Å². The van der Waals surface area contributed by atoms with Crippen molar-refractivity contribution in [3.8, 4) is 0 Å². The summed E-state index contributed by atoms with van der Waals surface area (Å²) in [5, 5.41) is 11.8. The molecule has 1 aromatic heterocycles. The lowest BCUT2D eigenvalue weighted by molar-refractivity contribution is -0.175. The normalized spacial score (nSPS) is 13.1. The molecule has 0 spiro atoms. The summed E-state index contributed by atoms with van der Waals surface area (Å²) in [5.74, 6) is -3.75. The Morgan fingerprint density at radius 2 is 2.12 bits per heavy atom. The Kier molecular flexibility index (Phi) is 4.11. The zero-order chi connectivity index (χ0) is 13.1. The van der Waals surface area contributed by atoms with Gasteiger partial charge in [-0.2, -0.15) is 13.2 Å². The van der Waals surface area contributed by atoms with Crippen molar-refractivity contribution in [2.45, 2.75) is 18.6 Å². The van der Waals surface area contributed by atoms with Gasteiger partial charge in [-0.15, -0.1) is 11.3 Å². The maximum atomic E-state index is 11.9. The van der Waals surface area contributed by atoms with Gasteiger partial charge < -0.3 is 10.4 Å². The fourth-order valence-electron chi connectivity index (χ4n) is 1.07. The Balaban J connectivity index is 2.68. The van der Waals surface area contributed by atoms with Crippen LogP contribution >= 0.6 is 11.3 Å². The highest BCUT2D eigenvalue weighted by molar-refractivity contribution is 7.09. The second-order valence-corrected chi connectivity index (χ2v) is 4.18. The van der Waals surface area contributed by atoms with Crippen molar-refractivity contribution in [3.05, 3.63) is 22.4 Å². The summed E-state index contributed by atoms with van der Waals surface area (Å²) >= 11 is 1.21. The highest BCUT2D eigenvalue weighted by atomic mass is 32.1. The van der Waals surface area contributed by atoms with Crippen LogP contribution in [0.1, 0.15) is 4.88 Å². The minimum atomic E-state index is -5.08. The molecule has 0 aliphatic heterocycles. The van der Waals surface area contributed by atoms with Crippen molar-refractivity contribution in [1.82, 2.24) is 5.32 Å². The Morgan fingerprint density at radius 3 is 2.53 bits per heavy atom. The van der Waals surface area contributed by atoms with Gasteiger partial charge in [-0.05, 0) is 11.4 Å². The lowest BCUT2D eigenvalue weighted by Crippen LogP contribution is -2.47. The van der Waals surface area contributed by atoms with Gasteiger partial charge in [0.1, 0.15) is 6.04 Å². The van der Waals surface area contributed by atoms with Crippen molar-refractivity contribution in [1.29, 1.82) is 0 Å². The minimum absolute atomic E-state index is 0.172. The predicted molar refractivity (Wildman–Crippen MR) is 53.6 cm³/mol. The van der Waals surface area contributed by atoms with E-state index in [1.807, 2.05) is 0 Å². The molecule has 1 amide bonds. The molecule has 8 heteroatoms. The minimum Gasteiger partial charge on any atom is -0.480 e. The predicted octanol–water partition coefficient (Wildman–Crippen LogP) is 1.42. The van der Waals surface area contributed by atoms with Gasteiger partial charge in [-0.25, -0.2) is 4.79 Å². The quantitative estimate of drug-likeness (QED) is 0.867. The lowest BCUT2D eigenvalue weighted by atomic mass is 10.2. The van der Waals surface area contributed by atoms with E-state index in [2.05, 4.69) is 0 Å². The number of alkyl halides is 3. The van der Waals surface area contributed by atoms with E-state index < -0.39 is 24.1 Å². The summed E-state index contributed by atoms with van der Waals surface area (Å²) in [6.45, 7) is 0. The van der Waals surface area contributed by atoms with E-state index in [1.54, 1.807) is 17.5 Å². The third-order valence-corrected chi connectivity index (χ3v) is 2.75. The average Bonchev–Trinajstić information content (AvgIpc) is 2.67. The molecule has 0 aromatic carbocycles. The van der Waals surface area contributed by atoms with Gasteiger partial charge >= 0.3 is 18.1 Å². The zero-order valence-corrected chi connectivity index (χ0v) is 9.14. The molecular formula is C9H8F3NO3S. The molecule has 0 fully saturated rings. The maximum Gasteiger partial charge on any atom is 0.471 e. The third-order valence-electron chi connectivity index (χ3n) is 1.85. The van der Waals surface area contributed by atoms with Crippen molar-refractivity contribution >= 4 is 23.2 Å². The van der Waals surface area contributed by atoms with Gasteiger partial charge in [0, 0.05) is 11.3 Å². The first-order chi connectivity index (χ1) is 7.80. The number of aliphatic carboxylic acids is 1. The van der Waals surface area contributed by atoms with Gasteiger partial charge in [-0.3, -0.25) is 4.79 Å². The molecule has 1 rings (SSSR count). The Labute approximate surface area is 98.1 Å². The van der Waals surface area contributed by atoms with Crippen LogP contribution in [0.2, 0.25) is 0 Å². The number of carbonyl (C=O) groups excluding carboxylic acids is 1. The number of hydrogen-bond donors (Lipinski definition) is 2. The fraction of sp³-hybridized carbons (Fsp3) is 0.333. The Hall–Kier alpha value is -1.57. The topological polar surface area (TPSA) is 66.4 Å². The van der Waals surface area contributed by atoms with E-state index in [0.29, 0.717) is 4.88 Å². The van der Waals surface area contributed by atoms with E-state index in [-0.39, 0.29) is 6.42 Å². The van der Waals surface area contributed by atoms with Crippen molar-refractivity contribution in [3.63, 3.8) is 0 Å². The lowest BCUT2D eigenvalue weighted by Gasteiger charge is -2.14. The summed E-state index contributed by atoms with van der Waals surface area (Å²) < 4.78 is 35.8. The van der Waals surface area contributed by atoms with Gasteiger partial charge in [-0.1, -0.05) is 6.07 Å². The second-order valence-electron chi connectivity index (χ2n) is 3.15. The zero-order valence-electron chi connectivity index (χ0n) is 8.32. The highest BCUT2D eigenvalue weighted by Gasteiger charge is 2.40. The molecule has 1 heterocycles. The molecule has 0 aliphatic carbocycles. The molecule has 0 radical (unpaired) electrons. The Bertz CT molecular complexity index is 402. The van der Waals surface area contributed by atoms with Crippen LogP contribution in [-0.4, -0.2) is 29.2 Å². The van der Waals surface area contributed by atoms with Gasteiger partial charge in [0.25, 0.3) is 0 Å². The first-order valence-corrected chi connectivity index (χ1v) is 5.31. The summed E-state index contributed by atoms with van der Waals surface area (Å²) in [6.07, 6.45) is -5.25. The summed E-state index contributed by atoms with van der Waals surface area (Å²) in [7, 11) is 0. The summed E-state index contributed by atoms with van der Waals surface area (Å²) in [6, 6.07) is 1.65. The van der Waals surface area contributed by atoms with Crippen LogP contribution in [0.25, 0.3) is 0 Å². The van der Waals surface area contributed by atoms with Gasteiger partial charge in [0.15, 0.2) is 0 Å². The second kappa shape index (κ2) is 5.17. The molecule has 94 valence electrons. The van der Waals surface area contributed by atoms with E-state index >= 15 is 0 Å². The molecule has 17 heavy (non-hydrogen) atoms. The fourth-order valence-corrected chi connectivity index (χ4v) is 1.82. The van der Waals surface area contributed by atoms with Crippen LogP contribution in [-0.2, 0) is 16.0 Å². The third kappa shape index (κ3) is 4.06. The van der Waals surface area contributed by atoms with Crippen LogP contribution in [0.3, 0.4) is 0 Å². The van der Waals surface area contributed by atoms with Crippen LogP contribution in [0.4, 0.5) is 13.2 Å². The number of carbonyl (C=O) groups is 2. The number of rotatable bonds is 4. The number of thiophene rings is 1. The number of nitrogens with one attached hydrogen (secondary N) is 1. The number of carboxylic acids is 1. The Morgan fingerprint density at radius 1 is 1.47 bits per heavy atom. The van der Waals surface area contributed by atoms with Gasteiger partial charge in [0.05, 0.1) is 0 Å². The maximum absolute atomic E-state index is 11.9. The SMILES string of the molecule is O=C(O)[C@H](Cc1cccs1)NC(=O)C(F)(F)F. The van der Waals surface area contributed by atoms with Crippen LogP contribution in [0.15, 0.2) is 17.5 Å². The molecule has 0 bridgehead atoms. The largest absolute Gasteiger partial charge is 0.480 e. The standard InChI is InChI=1S/C9H8F3NO3S/c10-9(11,12)8(16)13-6(7(14)15)4-5-2-1-3-17-5/h1-3,6H,4H2,(H,13,16)(H,14,15)/t6-/m0/s1. The molecule has 0 saturated carbocycles. The van der Waals surface area contributed by atoms with Crippen LogP contribution < -0.4 is 5.32 Å². The van der Waals surface area contributed by atoms with Crippen molar-refractivity contribution < 1.29 is 27.9 Å². The molecule has 0 unspecified atom stereocenters. The highest BCUT2D eigenvalue weighted by Crippen LogP contribution is 2.16. The molecular weight excluding hydrogens is 259 g/mol. The van der Waals surface area contributed by atoms with E-state index in [1.165, 1.54) is 16.7 Å². The van der Waals surface area contributed by atoms with Gasteiger partial charge in [0.2, 0.25) is 0 Å². The smallest absolute Gasteiger partial charge is 0.471 e. The number of hydrogen-bond acceptors (Lipinski definition) is 3. The average molecular weight is 267 g/mol. The molecule has 0 aliphatic rings. The van der Waals surface area contributed by atoms with E-state index in [0.717, 1.165) is 0 Å². The monoisotopic (exact) mass is 267 g/mol. The number of amides is 1. The molecule has 0 saturated heterocycles. The van der Waals surface area contributed by atoms with Crippen molar-refractivity contribution in [2.75, 3.05) is 0 Å². The summed E-state index contributed by atoms with van der Waals surface area (Å²) in [4.78, 5) is 21.9. The first kappa shape index (κ1) is 13.5. The number of halogens is 3. The molecule has 2 N–H and O–H groups in total.